The number of nitrogens with zero attached hydrogens (tertiary/aromatic N) is 1. The summed E-state index contributed by atoms with van der Waals surface area (Å²) in [5.74, 6) is 0.975. The first kappa shape index (κ1) is 20.1. The standard InChI is InChI=1S/C25H23NO3S/c1-26(2)14-15-29-20-11-8-18(9-12-20)25-23(24(28)17-6-4-3-5-7-17)21-13-10-19(27)16-22(21)30-25/h3-13,16,27H,14-15H2,1-2H3. The van der Waals surface area contributed by atoms with Crippen molar-refractivity contribution >= 4 is 27.2 Å². The van der Waals surface area contributed by atoms with Gasteiger partial charge in [-0.05, 0) is 62.1 Å². The molecule has 5 heteroatoms. The van der Waals surface area contributed by atoms with Crippen molar-refractivity contribution < 1.29 is 14.6 Å². The molecule has 0 amide bonds. The van der Waals surface area contributed by atoms with Gasteiger partial charge in [-0.25, -0.2) is 0 Å². The number of carbonyl (C=O) groups excluding carboxylic acids is 1. The Morgan fingerprint density at radius 3 is 2.43 bits per heavy atom. The maximum absolute atomic E-state index is 13.4. The molecule has 1 heterocycles. The molecule has 152 valence electrons. The summed E-state index contributed by atoms with van der Waals surface area (Å²) in [6.07, 6.45) is 0. The predicted molar refractivity (Wildman–Crippen MR) is 123 cm³/mol. The van der Waals surface area contributed by atoms with Crippen LogP contribution in [0.1, 0.15) is 15.9 Å². The van der Waals surface area contributed by atoms with E-state index < -0.39 is 0 Å². The quantitative estimate of drug-likeness (QED) is 0.407. The molecule has 1 N–H and O–H groups in total. The third-order valence-electron chi connectivity index (χ3n) is 4.86. The monoisotopic (exact) mass is 417 g/mol. The van der Waals surface area contributed by atoms with Crippen LogP contribution in [0.5, 0.6) is 11.5 Å². The maximum Gasteiger partial charge on any atom is 0.195 e. The number of hydrogen-bond acceptors (Lipinski definition) is 5. The Morgan fingerprint density at radius 2 is 1.73 bits per heavy atom. The fraction of sp³-hybridized carbons (Fsp3) is 0.160. The predicted octanol–water partition coefficient (Wildman–Crippen LogP) is 5.45. The second-order valence-corrected chi connectivity index (χ2v) is 8.41. The molecular weight excluding hydrogens is 394 g/mol. The number of likely N-dealkylation sites (N-methyl/N-ethyl adjacent to an activating group) is 1. The van der Waals surface area contributed by atoms with E-state index in [-0.39, 0.29) is 11.5 Å². The zero-order chi connectivity index (χ0) is 21.1. The van der Waals surface area contributed by atoms with E-state index in [4.69, 9.17) is 4.74 Å². The number of phenols is 1. The summed E-state index contributed by atoms with van der Waals surface area (Å²) in [6.45, 7) is 1.46. The number of aromatic hydroxyl groups is 1. The second-order valence-electron chi connectivity index (χ2n) is 7.36. The molecule has 0 aliphatic carbocycles. The average Bonchev–Trinajstić information content (AvgIpc) is 3.12. The van der Waals surface area contributed by atoms with Gasteiger partial charge in [0.05, 0.1) is 0 Å². The molecule has 0 radical (unpaired) electrons. The SMILES string of the molecule is CN(C)CCOc1ccc(-c2sc3cc(O)ccc3c2C(=O)c2ccccc2)cc1. The van der Waals surface area contributed by atoms with Crippen LogP contribution in [0.3, 0.4) is 0 Å². The molecule has 0 saturated carbocycles. The van der Waals surface area contributed by atoms with Crippen LogP contribution in [-0.4, -0.2) is 43.0 Å². The molecule has 4 aromatic rings. The van der Waals surface area contributed by atoms with Gasteiger partial charge in [0.15, 0.2) is 5.78 Å². The van der Waals surface area contributed by atoms with Crippen molar-refractivity contribution in [3.63, 3.8) is 0 Å². The molecule has 0 unspecified atom stereocenters. The lowest BCUT2D eigenvalue weighted by Crippen LogP contribution is -2.19. The molecule has 0 bridgehead atoms. The number of fused-ring (bicyclic) bond motifs is 1. The summed E-state index contributed by atoms with van der Waals surface area (Å²) in [4.78, 5) is 16.4. The Hall–Kier alpha value is -3.15. The minimum absolute atomic E-state index is 0.0196. The van der Waals surface area contributed by atoms with Gasteiger partial charge in [0, 0.05) is 32.6 Å². The highest BCUT2D eigenvalue weighted by atomic mass is 32.1. The minimum atomic E-state index is -0.0196. The Bertz CT molecular complexity index is 1160. The molecule has 0 saturated heterocycles. The van der Waals surface area contributed by atoms with Crippen LogP contribution in [0.25, 0.3) is 20.5 Å². The minimum Gasteiger partial charge on any atom is -0.508 e. The number of phenolic OH excluding ortho intramolecular Hbond substituents is 1. The Morgan fingerprint density at radius 1 is 1.00 bits per heavy atom. The number of carbonyl (C=O) groups is 1. The van der Waals surface area contributed by atoms with Gasteiger partial charge in [0.1, 0.15) is 18.1 Å². The average molecular weight is 418 g/mol. The lowest BCUT2D eigenvalue weighted by atomic mass is 9.97. The Balaban J connectivity index is 1.74. The van der Waals surface area contributed by atoms with Crippen molar-refractivity contribution in [3.05, 3.63) is 83.9 Å². The number of ketones is 1. The molecule has 0 atom stereocenters. The molecule has 4 nitrogen and oxygen atoms in total. The van der Waals surface area contributed by atoms with Crippen LogP contribution in [0, 0.1) is 0 Å². The normalized spacial score (nSPS) is 11.2. The van der Waals surface area contributed by atoms with Gasteiger partial charge in [-0.1, -0.05) is 30.3 Å². The van der Waals surface area contributed by atoms with Crippen LogP contribution >= 0.6 is 11.3 Å². The number of thiophene rings is 1. The molecule has 30 heavy (non-hydrogen) atoms. The first-order valence-corrected chi connectivity index (χ1v) is 10.6. The highest BCUT2D eigenvalue weighted by Crippen LogP contribution is 2.41. The van der Waals surface area contributed by atoms with E-state index in [1.807, 2.05) is 74.8 Å². The zero-order valence-electron chi connectivity index (χ0n) is 17.0. The van der Waals surface area contributed by atoms with Gasteiger partial charge >= 0.3 is 0 Å². The van der Waals surface area contributed by atoms with Crippen molar-refractivity contribution in [2.45, 2.75) is 0 Å². The molecular formula is C25H23NO3S. The maximum atomic E-state index is 13.4. The topological polar surface area (TPSA) is 49.8 Å². The molecule has 4 rings (SSSR count). The van der Waals surface area contributed by atoms with E-state index >= 15 is 0 Å². The second kappa shape index (κ2) is 8.69. The van der Waals surface area contributed by atoms with Crippen LogP contribution < -0.4 is 4.74 Å². The van der Waals surface area contributed by atoms with Crippen molar-refractivity contribution in [1.29, 1.82) is 0 Å². The molecule has 3 aromatic carbocycles. The summed E-state index contributed by atoms with van der Waals surface area (Å²) in [6, 6.07) is 22.3. The highest BCUT2D eigenvalue weighted by Gasteiger charge is 2.21. The van der Waals surface area contributed by atoms with Gasteiger partial charge in [-0.2, -0.15) is 0 Å². The van der Waals surface area contributed by atoms with Crippen LogP contribution in [0.2, 0.25) is 0 Å². The van der Waals surface area contributed by atoms with Gasteiger partial charge in [0.2, 0.25) is 0 Å². The van der Waals surface area contributed by atoms with Crippen LogP contribution in [0.4, 0.5) is 0 Å². The fourth-order valence-corrected chi connectivity index (χ4v) is 4.53. The van der Waals surface area contributed by atoms with E-state index in [1.165, 1.54) is 11.3 Å². The van der Waals surface area contributed by atoms with E-state index in [1.54, 1.807) is 12.1 Å². The number of benzene rings is 3. The molecule has 1 aromatic heterocycles. The lowest BCUT2D eigenvalue weighted by molar-refractivity contribution is 0.104. The van der Waals surface area contributed by atoms with Gasteiger partial charge in [-0.3, -0.25) is 4.79 Å². The summed E-state index contributed by atoms with van der Waals surface area (Å²) >= 11 is 1.51. The van der Waals surface area contributed by atoms with Crippen LogP contribution in [0.15, 0.2) is 72.8 Å². The summed E-state index contributed by atoms with van der Waals surface area (Å²) in [5.41, 5.74) is 2.27. The van der Waals surface area contributed by atoms with Crippen molar-refractivity contribution in [3.8, 4) is 21.9 Å². The summed E-state index contributed by atoms with van der Waals surface area (Å²) in [5, 5.41) is 10.8. The molecule has 0 fully saturated rings. The van der Waals surface area contributed by atoms with Crippen molar-refractivity contribution in [2.75, 3.05) is 27.2 Å². The summed E-state index contributed by atoms with van der Waals surface area (Å²) in [7, 11) is 4.02. The van der Waals surface area contributed by atoms with Gasteiger partial charge in [0.25, 0.3) is 0 Å². The Kier molecular flexibility index (Phi) is 5.84. The van der Waals surface area contributed by atoms with Crippen LogP contribution in [-0.2, 0) is 0 Å². The first-order chi connectivity index (χ1) is 14.5. The van der Waals surface area contributed by atoms with Crippen molar-refractivity contribution in [2.24, 2.45) is 0 Å². The highest BCUT2D eigenvalue weighted by molar-refractivity contribution is 7.22. The van der Waals surface area contributed by atoms with E-state index in [0.29, 0.717) is 17.7 Å². The third kappa shape index (κ3) is 4.22. The molecule has 0 aliphatic rings. The fourth-order valence-electron chi connectivity index (χ4n) is 3.30. The molecule has 0 spiro atoms. The van der Waals surface area contributed by atoms with E-state index in [2.05, 4.69) is 4.90 Å². The smallest absolute Gasteiger partial charge is 0.195 e. The molecule has 0 aliphatic heterocycles. The van der Waals surface area contributed by atoms with Gasteiger partial charge in [-0.15, -0.1) is 11.3 Å². The number of rotatable bonds is 7. The first-order valence-electron chi connectivity index (χ1n) is 9.76. The Labute approximate surface area is 180 Å². The largest absolute Gasteiger partial charge is 0.508 e. The van der Waals surface area contributed by atoms with E-state index in [0.717, 1.165) is 32.8 Å². The number of ether oxygens (including phenoxy) is 1. The summed E-state index contributed by atoms with van der Waals surface area (Å²) < 4.78 is 6.68. The lowest BCUT2D eigenvalue weighted by Gasteiger charge is -2.11. The number of hydrogen-bond donors (Lipinski definition) is 1. The van der Waals surface area contributed by atoms with Crippen molar-refractivity contribution in [1.82, 2.24) is 4.90 Å². The zero-order valence-corrected chi connectivity index (χ0v) is 17.8. The third-order valence-corrected chi connectivity index (χ3v) is 6.06. The van der Waals surface area contributed by atoms with Gasteiger partial charge < -0.3 is 14.7 Å². The van der Waals surface area contributed by atoms with E-state index in [9.17, 15) is 9.90 Å².